The van der Waals surface area contributed by atoms with E-state index in [0.717, 1.165) is 25.7 Å². The molecule has 0 saturated heterocycles. The Balaban J connectivity index is 1.64. The molecule has 3 aliphatic rings. The highest BCUT2D eigenvalue weighted by molar-refractivity contribution is 5.84. The van der Waals surface area contributed by atoms with E-state index >= 15 is 0 Å². The lowest BCUT2D eigenvalue weighted by molar-refractivity contribution is -0.134. The summed E-state index contributed by atoms with van der Waals surface area (Å²) in [5, 5.41) is 6.36. The van der Waals surface area contributed by atoms with Gasteiger partial charge in [-0.3, -0.25) is 4.79 Å². The van der Waals surface area contributed by atoms with Gasteiger partial charge in [0, 0.05) is 12.1 Å². The van der Waals surface area contributed by atoms with E-state index < -0.39 is 17.1 Å². The van der Waals surface area contributed by atoms with Crippen molar-refractivity contribution in [3.05, 3.63) is 0 Å². The highest BCUT2D eigenvalue weighted by atomic mass is 16.6. The third-order valence-corrected chi connectivity index (χ3v) is 5.98. The van der Waals surface area contributed by atoms with Crippen LogP contribution in [0.4, 0.5) is 4.79 Å². The van der Waals surface area contributed by atoms with Crippen LogP contribution in [0.1, 0.15) is 79.1 Å². The zero-order chi connectivity index (χ0) is 18.2. The molecule has 142 valence electrons. The smallest absolute Gasteiger partial charge is 0.407 e. The largest absolute Gasteiger partial charge is 0.444 e. The van der Waals surface area contributed by atoms with E-state index in [0.29, 0.717) is 17.9 Å². The summed E-state index contributed by atoms with van der Waals surface area (Å²) in [5.74, 6) is 1.49. The Bertz CT molecular complexity index is 508. The van der Waals surface area contributed by atoms with Gasteiger partial charge in [-0.25, -0.2) is 4.79 Å². The summed E-state index contributed by atoms with van der Waals surface area (Å²) >= 11 is 0. The van der Waals surface area contributed by atoms with Gasteiger partial charge in [0.1, 0.15) is 5.60 Å². The van der Waals surface area contributed by atoms with Gasteiger partial charge in [-0.15, -0.1) is 0 Å². The molecule has 2 N–H and O–H groups in total. The Kier molecular flexibility index (Phi) is 5.04. The summed E-state index contributed by atoms with van der Waals surface area (Å²) in [5.41, 5.74) is -1.07. The van der Waals surface area contributed by atoms with Gasteiger partial charge in [-0.1, -0.05) is 12.8 Å². The molecule has 2 amide bonds. The Labute approximate surface area is 151 Å². The molecular formula is C20H34N2O3. The predicted octanol–water partition coefficient (Wildman–Crippen LogP) is 3.76. The second-order valence-corrected chi connectivity index (χ2v) is 9.54. The van der Waals surface area contributed by atoms with Crippen LogP contribution < -0.4 is 10.6 Å². The maximum Gasteiger partial charge on any atom is 0.407 e. The Morgan fingerprint density at radius 2 is 1.64 bits per heavy atom. The molecule has 2 atom stereocenters. The van der Waals surface area contributed by atoms with Crippen molar-refractivity contribution in [3.8, 4) is 0 Å². The second-order valence-electron chi connectivity index (χ2n) is 9.54. The fourth-order valence-electron chi connectivity index (χ4n) is 4.13. The topological polar surface area (TPSA) is 67.4 Å². The SMILES string of the molecule is CC(C)(C)OC(=O)NC1CCCCC1(C)C(=O)NC(C1CC1)C1CC1. The molecule has 25 heavy (non-hydrogen) atoms. The molecule has 0 heterocycles. The number of hydrogen-bond donors (Lipinski definition) is 2. The van der Waals surface area contributed by atoms with Crippen molar-refractivity contribution in [2.45, 2.75) is 96.7 Å². The van der Waals surface area contributed by atoms with Crippen molar-refractivity contribution in [2.24, 2.45) is 17.3 Å². The average Bonchev–Trinajstić information content (AvgIpc) is 3.37. The lowest BCUT2D eigenvalue weighted by Gasteiger charge is -2.41. The van der Waals surface area contributed by atoms with Crippen molar-refractivity contribution in [3.63, 3.8) is 0 Å². The van der Waals surface area contributed by atoms with Crippen LogP contribution in [0.15, 0.2) is 0 Å². The van der Waals surface area contributed by atoms with Crippen LogP contribution in [-0.2, 0) is 9.53 Å². The van der Waals surface area contributed by atoms with E-state index in [9.17, 15) is 9.59 Å². The fraction of sp³-hybridized carbons (Fsp3) is 0.900. The van der Waals surface area contributed by atoms with Crippen LogP contribution in [0, 0.1) is 17.3 Å². The molecule has 3 fully saturated rings. The summed E-state index contributed by atoms with van der Waals surface area (Å²) in [6.07, 6.45) is 8.30. The van der Waals surface area contributed by atoms with Gasteiger partial charge in [-0.2, -0.15) is 0 Å². The van der Waals surface area contributed by atoms with E-state index in [1.165, 1.54) is 25.7 Å². The molecule has 0 aliphatic heterocycles. The number of amides is 2. The Morgan fingerprint density at radius 1 is 1.04 bits per heavy atom. The minimum absolute atomic E-state index is 0.122. The van der Waals surface area contributed by atoms with E-state index in [4.69, 9.17) is 4.74 Å². The lowest BCUT2D eigenvalue weighted by atomic mass is 9.70. The molecule has 0 radical (unpaired) electrons. The van der Waals surface area contributed by atoms with Crippen molar-refractivity contribution in [1.29, 1.82) is 0 Å². The summed E-state index contributed by atoms with van der Waals surface area (Å²) in [7, 11) is 0. The van der Waals surface area contributed by atoms with E-state index in [1.54, 1.807) is 0 Å². The number of ether oxygens (including phenoxy) is 1. The van der Waals surface area contributed by atoms with Crippen LogP contribution >= 0.6 is 0 Å². The number of hydrogen-bond acceptors (Lipinski definition) is 3. The van der Waals surface area contributed by atoms with E-state index in [1.807, 2.05) is 27.7 Å². The maximum absolute atomic E-state index is 13.2. The summed E-state index contributed by atoms with van der Waals surface area (Å²) in [4.78, 5) is 25.4. The third-order valence-electron chi connectivity index (χ3n) is 5.98. The number of nitrogens with one attached hydrogen (secondary N) is 2. The van der Waals surface area contributed by atoms with Crippen LogP contribution in [0.5, 0.6) is 0 Å². The molecule has 3 rings (SSSR count). The molecule has 2 unspecified atom stereocenters. The van der Waals surface area contributed by atoms with Crippen LogP contribution in [0.25, 0.3) is 0 Å². The fourth-order valence-corrected chi connectivity index (χ4v) is 4.13. The van der Waals surface area contributed by atoms with Crippen LogP contribution in [0.3, 0.4) is 0 Å². The molecule has 5 nitrogen and oxygen atoms in total. The molecule has 0 spiro atoms. The number of carbonyl (C=O) groups excluding carboxylic acids is 2. The highest BCUT2D eigenvalue weighted by Crippen LogP contribution is 2.45. The van der Waals surface area contributed by atoms with Gasteiger partial charge in [-0.05, 0) is 78.1 Å². The quantitative estimate of drug-likeness (QED) is 0.793. The first kappa shape index (κ1) is 18.5. The molecule has 0 aromatic rings. The first-order valence-electron chi connectivity index (χ1n) is 9.99. The zero-order valence-electron chi connectivity index (χ0n) is 16.2. The summed E-state index contributed by atoms with van der Waals surface area (Å²) < 4.78 is 5.41. The molecule has 3 aliphatic carbocycles. The van der Waals surface area contributed by atoms with Gasteiger partial charge >= 0.3 is 6.09 Å². The van der Waals surface area contributed by atoms with Gasteiger partial charge in [0.05, 0.1) is 5.41 Å². The number of carbonyl (C=O) groups is 2. The van der Waals surface area contributed by atoms with Crippen molar-refractivity contribution in [2.75, 3.05) is 0 Å². The zero-order valence-corrected chi connectivity index (χ0v) is 16.2. The Morgan fingerprint density at radius 3 is 2.16 bits per heavy atom. The van der Waals surface area contributed by atoms with Crippen molar-refractivity contribution in [1.82, 2.24) is 10.6 Å². The standard InChI is InChI=1S/C20H34N2O3/c1-19(2,3)25-18(24)21-15-7-5-6-12-20(15,4)17(23)22-16(13-8-9-13)14-10-11-14/h13-16H,5-12H2,1-4H3,(H,21,24)(H,22,23). The first-order chi connectivity index (χ1) is 11.7. The monoisotopic (exact) mass is 350 g/mol. The van der Waals surface area contributed by atoms with Crippen molar-refractivity contribution >= 4 is 12.0 Å². The van der Waals surface area contributed by atoms with E-state index in [-0.39, 0.29) is 11.9 Å². The van der Waals surface area contributed by atoms with Gasteiger partial charge < -0.3 is 15.4 Å². The van der Waals surface area contributed by atoms with Crippen molar-refractivity contribution < 1.29 is 14.3 Å². The molecule has 3 saturated carbocycles. The number of alkyl carbamates (subject to hydrolysis) is 1. The summed E-state index contributed by atoms with van der Waals surface area (Å²) in [6.45, 7) is 7.58. The molecule has 5 heteroatoms. The average molecular weight is 351 g/mol. The summed E-state index contributed by atoms with van der Waals surface area (Å²) in [6, 6.07) is 0.198. The van der Waals surface area contributed by atoms with E-state index in [2.05, 4.69) is 10.6 Å². The van der Waals surface area contributed by atoms with Gasteiger partial charge in [0.2, 0.25) is 5.91 Å². The van der Waals surface area contributed by atoms with Crippen LogP contribution in [0.2, 0.25) is 0 Å². The second kappa shape index (κ2) is 6.81. The van der Waals surface area contributed by atoms with Gasteiger partial charge in [0.25, 0.3) is 0 Å². The third kappa shape index (κ3) is 4.68. The number of rotatable bonds is 5. The minimum Gasteiger partial charge on any atom is -0.444 e. The normalized spacial score (nSPS) is 30.0. The molecule has 0 aromatic heterocycles. The lowest BCUT2D eigenvalue weighted by Crippen LogP contribution is -2.57. The van der Waals surface area contributed by atoms with Crippen LogP contribution in [-0.4, -0.2) is 29.7 Å². The molecular weight excluding hydrogens is 316 g/mol. The maximum atomic E-state index is 13.2. The molecule has 0 aromatic carbocycles. The Hall–Kier alpha value is -1.26. The highest BCUT2D eigenvalue weighted by Gasteiger charge is 2.48. The predicted molar refractivity (Wildman–Crippen MR) is 97.1 cm³/mol. The van der Waals surface area contributed by atoms with Gasteiger partial charge in [0.15, 0.2) is 0 Å². The minimum atomic E-state index is -0.544. The molecule has 0 bridgehead atoms. The first-order valence-corrected chi connectivity index (χ1v) is 9.99.